The van der Waals surface area contributed by atoms with Gasteiger partial charge in [-0.2, -0.15) is 0 Å². The van der Waals surface area contributed by atoms with Gasteiger partial charge in [0, 0.05) is 6.04 Å². The molecule has 2 rings (SSSR count). The molecule has 1 saturated heterocycles. The average Bonchev–Trinajstić information content (AvgIpc) is 2.54. The van der Waals surface area contributed by atoms with Gasteiger partial charge in [0.05, 0.1) is 7.11 Å². The van der Waals surface area contributed by atoms with E-state index >= 15 is 0 Å². The maximum absolute atomic E-state index is 12.2. The molecule has 0 radical (unpaired) electrons. The van der Waals surface area contributed by atoms with E-state index in [-0.39, 0.29) is 5.97 Å². The van der Waals surface area contributed by atoms with Crippen LogP contribution in [0, 0.1) is 5.41 Å². The van der Waals surface area contributed by atoms with Gasteiger partial charge in [0.1, 0.15) is 5.54 Å². The van der Waals surface area contributed by atoms with E-state index in [0.717, 1.165) is 19.3 Å². The van der Waals surface area contributed by atoms with E-state index in [1.165, 1.54) is 45.9 Å². The Morgan fingerprint density at radius 2 is 2.00 bits per heavy atom. The highest BCUT2D eigenvalue weighted by Gasteiger charge is 2.44. The molecule has 1 saturated carbocycles. The molecule has 0 aromatic rings. The van der Waals surface area contributed by atoms with Gasteiger partial charge in [-0.15, -0.1) is 0 Å². The highest BCUT2D eigenvalue weighted by molar-refractivity contribution is 5.81. The smallest absolute Gasteiger partial charge is 0.326 e. The van der Waals surface area contributed by atoms with E-state index in [9.17, 15) is 4.79 Å². The van der Waals surface area contributed by atoms with Crippen molar-refractivity contribution in [2.45, 2.75) is 70.4 Å². The molecule has 0 bridgehead atoms. The lowest BCUT2D eigenvalue weighted by molar-refractivity contribution is -0.151. The Hall–Kier alpha value is -0.610. The minimum absolute atomic E-state index is 0.0925. The zero-order valence-electron chi connectivity index (χ0n) is 14.2. The van der Waals surface area contributed by atoms with Crippen molar-refractivity contribution in [2.75, 3.05) is 27.2 Å². The predicted octanol–water partition coefficient (Wildman–Crippen LogP) is 2.57. The summed E-state index contributed by atoms with van der Waals surface area (Å²) in [6.45, 7) is 7.07. The number of nitrogens with zero attached hydrogens (tertiary/aromatic N) is 1. The number of esters is 1. The number of likely N-dealkylation sites (N-methyl/N-ethyl adjacent to an activating group) is 1. The maximum atomic E-state index is 12.2. The molecule has 1 aliphatic heterocycles. The minimum atomic E-state index is -0.469. The molecule has 2 atom stereocenters. The van der Waals surface area contributed by atoms with Crippen LogP contribution < -0.4 is 5.32 Å². The first-order valence-electron chi connectivity index (χ1n) is 8.50. The van der Waals surface area contributed by atoms with Crippen LogP contribution in [0.4, 0.5) is 0 Å². The molecule has 122 valence electrons. The molecule has 1 aliphatic carbocycles. The quantitative estimate of drug-likeness (QED) is 0.810. The first kappa shape index (κ1) is 16.8. The highest BCUT2D eigenvalue weighted by Crippen LogP contribution is 2.38. The van der Waals surface area contributed by atoms with Crippen LogP contribution in [0.5, 0.6) is 0 Å². The number of likely N-dealkylation sites (tertiary alicyclic amines) is 1. The lowest BCUT2D eigenvalue weighted by atomic mass is 9.75. The maximum Gasteiger partial charge on any atom is 0.326 e. The number of hydrogen-bond acceptors (Lipinski definition) is 4. The Morgan fingerprint density at radius 1 is 1.33 bits per heavy atom. The van der Waals surface area contributed by atoms with Crippen molar-refractivity contribution >= 4 is 5.97 Å². The molecule has 2 aliphatic rings. The SMILES string of the molecule is CCC1(C)CCN(C2CCCC(NC)(C(=O)OC)C2)CC1. The summed E-state index contributed by atoms with van der Waals surface area (Å²) in [6.07, 6.45) is 7.93. The molecular formula is C17H32N2O2. The van der Waals surface area contributed by atoms with Crippen LogP contribution in [0.15, 0.2) is 0 Å². The second-order valence-corrected chi connectivity index (χ2v) is 7.27. The molecule has 1 heterocycles. The van der Waals surface area contributed by atoms with Gasteiger partial charge >= 0.3 is 5.97 Å². The van der Waals surface area contributed by atoms with Gasteiger partial charge in [-0.05, 0) is 64.1 Å². The zero-order chi connectivity index (χ0) is 15.5. The first-order chi connectivity index (χ1) is 9.98. The van der Waals surface area contributed by atoms with E-state index < -0.39 is 5.54 Å². The molecular weight excluding hydrogens is 264 g/mol. The first-order valence-corrected chi connectivity index (χ1v) is 8.50. The van der Waals surface area contributed by atoms with Crippen molar-refractivity contribution in [3.63, 3.8) is 0 Å². The molecule has 4 nitrogen and oxygen atoms in total. The summed E-state index contributed by atoms with van der Waals surface area (Å²) < 4.78 is 5.05. The number of carbonyl (C=O) groups excluding carboxylic acids is 1. The summed E-state index contributed by atoms with van der Waals surface area (Å²) in [5.41, 5.74) is 0.0524. The predicted molar refractivity (Wildman–Crippen MR) is 85.3 cm³/mol. The lowest BCUT2D eigenvalue weighted by Gasteiger charge is -2.47. The monoisotopic (exact) mass is 296 g/mol. The fourth-order valence-electron chi connectivity index (χ4n) is 4.05. The summed E-state index contributed by atoms with van der Waals surface area (Å²) in [5.74, 6) is -0.0925. The van der Waals surface area contributed by atoms with Gasteiger partial charge in [-0.1, -0.05) is 20.3 Å². The van der Waals surface area contributed by atoms with Gasteiger partial charge in [0.2, 0.25) is 0 Å². The number of ether oxygens (including phenoxy) is 1. The van der Waals surface area contributed by atoms with Crippen LogP contribution in [0.25, 0.3) is 0 Å². The van der Waals surface area contributed by atoms with Crippen molar-refractivity contribution in [1.29, 1.82) is 0 Å². The Morgan fingerprint density at radius 3 is 2.52 bits per heavy atom. The van der Waals surface area contributed by atoms with E-state index in [1.54, 1.807) is 0 Å². The molecule has 2 fully saturated rings. The Labute approximate surface area is 129 Å². The number of rotatable bonds is 4. The van der Waals surface area contributed by atoms with Crippen molar-refractivity contribution < 1.29 is 9.53 Å². The summed E-state index contributed by atoms with van der Waals surface area (Å²) in [7, 11) is 3.39. The average molecular weight is 296 g/mol. The summed E-state index contributed by atoms with van der Waals surface area (Å²) in [5, 5.41) is 3.26. The van der Waals surface area contributed by atoms with Crippen LogP contribution in [-0.2, 0) is 9.53 Å². The molecule has 21 heavy (non-hydrogen) atoms. The van der Waals surface area contributed by atoms with Gasteiger partial charge in [0.25, 0.3) is 0 Å². The number of nitrogens with one attached hydrogen (secondary N) is 1. The second kappa shape index (κ2) is 6.66. The van der Waals surface area contributed by atoms with E-state index in [2.05, 4.69) is 24.1 Å². The minimum Gasteiger partial charge on any atom is -0.468 e. The fourth-order valence-corrected chi connectivity index (χ4v) is 4.05. The number of hydrogen-bond donors (Lipinski definition) is 1. The topological polar surface area (TPSA) is 41.6 Å². The summed E-state index contributed by atoms with van der Waals surface area (Å²) in [4.78, 5) is 14.8. The van der Waals surface area contributed by atoms with Gasteiger partial charge in [-0.3, -0.25) is 4.79 Å². The third-order valence-electron chi connectivity index (χ3n) is 6.15. The van der Waals surface area contributed by atoms with E-state index in [4.69, 9.17) is 4.74 Å². The number of methoxy groups -OCH3 is 1. The lowest BCUT2D eigenvalue weighted by Crippen LogP contribution is -2.58. The second-order valence-electron chi connectivity index (χ2n) is 7.27. The third-order valence-corrected chi connectivity index (χ3v) is 6.15. The van der Waals surface area contributed by atoms with Crippen LogP contribution in [-0.4, -0.2) is 49.7 Å². The van der Waals surface area contributed by atoms with Gasteiger partial charge in [-0.25, -0.2) is 0 Å². The molecule has 0 spiro atoms. The standard InChI is InChI=1S/C17H32N2O2/c1-5-16(2)9-11-19(12-10-16)14-7-6-8-17(13-14,18-3)15(20)21-4/h14,18H,5-13H2,1-4H3. The van der Waals surface area contributed by atoms with Crippen molar-refractivity contribution in [3.8, 4) is 0 Å². The molecule has 0 amide bonds. The van der Waals surface area contributed by atoms with Crippen LogP contribution in [0.3, 0.4) is 0 Å². The Kier molecular flexibility index (Phi) is 5.31. The summed E-state index contributed by atoms with van der Waals surface area (Å²) in [6, 6.07) is 0.520. The van der Waals surface area contributed by atoms with E-state index in [0.29, 0.717) is 11.5 Å². The van der Waals surface area contributed by atoms with E-state index in [1.807, 2.05) is 7.05 Å². The van der Waals surface area contributed by atoms with Gasteiger partial charge in [0.15, 0.2) is 0 Å². The van der Waals surface area contributed by atoms with Crippen molar-refractivity contribution in [1.82, 2.24) is 10.2 Å². The summed E-state index contributed by atoms with van der Waals surface area (Å²) >= 11 is 0. The Bertz CT molecular complexity index is 364. The molecule has 2 unspecified atom stereocenters. The van der Waals surface area contributed by atoms with Crippen molar-refractivity contribution in [2.24, 2.45) is 5.41 Å². The molecule has 0 aromatic carbocycles. The Balaban J connectivity index is 2.00. The molecule has 4 heteroatoms. The normalized spacial score (nSPS) is 33.6. The molecule has 1 N–H and O–H groups in total. The van der Waals surface area contributed by atoms with Crippen LogP contribution >= 0.6 is 0 Å². The largest absolute Gasteiger partial charge is 0.468 e. The van der Waals surface area contributed by atoms with Gasteiger partial charge < -0.3 is 15.0 Å². The highest BCUT2D eigenvalue weighted by atomic mass is 16.5. The number of piperidine rings is 1. The van der Waals surface area contributed by atoms with Crippen molar-refractivity contribution in [3.05, 3.63) is 0 Å². The molecule has 0 aromatic heterocycles. The van der Waals surface area contributed by atoms with Crippen LogP contribution in [0.1, 0.15) is 58.8 Å². The number of carbonyl (C=O) groups is 1. The zero-order valence-corrected chi connectivity index (χ0v) is 14.2. The third kappa shape index (κ3) is 3.42. The van der Waals surface area contributed by atoms with Crippen LogP contribution in [0.2, 0.25) is 0 Å². The fraction of sp³-hybridized carbons (Fsp3) is 0.941.